The zero-order chi connectivity index (χ0) is 18.6. The highest BCUT2D eigenvalue weighted by Gasteiger charge is 2.47. The summed E-state index contributed by atoms with van der Waals surface area (Å²) in [4.78, 5) is 60.0. The fourth-order valence-corrected chi connectivity index (χ4v) is 3.86. The Morgan fingerprint density at radius 2 is 1.39 bits per heavy atom. The summed E-state index contributed by atoms with van der Waals surface area (Å²) in [7, 11) is -10.2. The fraction of sp³-hybridized carbons (Fsp3) is 0.400. The average Bonchev–Trinajstić information content (AvgIpc) is 2.32. The third-order valence-electron chi connectivity index (χ3n) is 2.76. The molecule has 0 rings (SSSR count). The van der Waals surface area contributed by atoms with E-state index >= 15 is 0 Å². The molecular weight excluding hydrogens is 354 g/mol. The number of hydrogen-bond acceptors (Lipinski definition) is 5. The Morgan fingerprint density at radius 3 is 1.57 bits per heavy atom. The van der Waals surface area contributed by atoms with Crippen LogP contribution in [0.15, 0.2) is 25.3 Å². The molecule has 0 bridgehead atoms. The molecule has 7 N–H and O–H groups in total. The van der Waals surface area contributed by atoms with Gasteiger partial charge in [0.1, 0.15) is 17.6 Å². The number of nitrogens with zero attached hydrogens (tertiary/aromatic N) is 1. The molecular formula is C10H18N2O9P2. The highest BCUT2D eigenvalue weighted by molar-refractivity contribution is 7.53. The van der Waals surface area contributed by atoms with Crippen LogP contribution in [0.1, 0.15) is 6.42 Å². The Bertz CT molecular complexity index is 547. The summed E-state index contributed by atoms with van der Waals surface area (Å²) in [6.45, 7) is 6.28. The molecule has 0 spiro atoms. The van der Waals surface area contributed by atoms with E-state index in [0.717, 1.165) is 0 Å². The number of nitrogens with two attached hydrogens (primary N) is 1. The van der Waals surface area contributed by atoms with Gasteiger partial charge in [0, 0.05) is 0 Å². The van der Waals surface area contributed by atoms with Crippen molar-refractivity contribution >= 4 is 27.1 Å². The van der Waals surface area contributed by atoms with E-state index < -0.39 is 51.1 Å². The Kier molecular flexibility index (Phi) is 7.52. The Balaban J connectivity index is 6.36. The van der Waals surface area contributed by atoms with E-state index in [1.54, 1.807) is 0 Å². The fourth-order valence-electron chi connectivity index (χ4n) is 1.90. The molecule has 2 unspecified atom stereocenters. The zero-order valence-corrected chi connectivity index (χ0v) is 13.6. The van der Waals surface area contributed by atoms with Crippen molar-refractivity contribution in [3.8, 4) is 0 Å². The van der Waals surface area contributed by atoms with Crippen molar-refractivity contribution in [3.05, 3.63) is 25.3 Å². The highest BCUT2D eigenvalue weighted by atomic mass is 31.2. The SMILES string of the molecule is C=CC(N(C(C=C)P(=O)(O)O)[C@@H](CC(N)=O)C(=O)O)P(=O)(O)O. The number of primary amides is 1. The van der Waals surface area contributed by atoms with Crippen molar-refractivity contribution in [2.24, 2.45) is 5.73 Å². The first-order valence-corrected chi connectivity index (χ1v) is 9.27. The molecule has 0 saturated heterocycles. The van der Waals surface area contributed by atoms with E-state index in [1.165, 1.54) is 0 Å². The molecule has 0 aliphatic heterocycles. The molecule has 23 heavy (non-hydrogen) atoms. The molecule has 132 valence electrons. The lowest BCUT2D eigenvalue weighted by atomic mass is 10.1. The summed E-state index contributed by atoms with van der Waals surface area (Å²) in [5, 5.41) is 9.19. The van der Waals surface area contributed by atoms with Crippen LogP contribution >= 0.6 is 15.2 Å². The van der Waals surface area contributed by atoms with E-state index in [4.69, 9.17) is 5.73 Å². The number of hydrogen-bond donors (Lipinski definition) is 6. The van der Waals surface area contributed by atoms with E-state index in [0.29, 0.717) is 12.2 Å². The van der Waals surface area contributed by atoms with Crippen LogP contribution in [0.3, 0.4) is 0 Å². The van der Waals surface area contributed by atoms with Crippen LogP contribution in [0.5, 0.6) is 0 Å². The van der Waals surface area contributed by atoms with Gasteiger partial charge >= 0.3 is 21.2 Å². The first-order valence-electron chi connectivity index (χ1n) is 5.91. The number of carbonyl (C=O) groups excluding carboxylic acids is 1. The van der Waals surface area contributed by atoms with Gasteiger partial charge in [-0.25, -0.2) is 0 Å². The van der Waals surface area contributed by atoms with Crippen LogP contribution in [-0.4, -0.2) is 59.1 Å². The van der Waals surface area contributed by atoms with E-state index in [2.05, 4.69) is 13.2 Å². The first kappa shape index (κ1) is 21.7. The molecule has 1 amide bonds. The quantitative estimate of drug-likeness (QED) is 0.204. The Morgan fingerprint density at radius 1 is 1.04 bits per heavy atom. The average molecular weight is 372 g/mol. The third kappa shape index (κ3) is 6.00. The Hall–Kier alpha value is -1.32. The van der Waals surface area contributed by atoms with Gasteiger partial charge in [-0.05, 0) is 0 Å². The number of aliphatic carboxylic acids is 1. The summed E-state index contributed by atoms with van der Waals surface area (Å²) in [5.74, 6) is -7.08. The van der Waals surface area contributed by atoms with Crippen LogP contribution < -0.4 is 5.73 Å². The maximum absolute atomic E-state index is 11.5. The maximum Gasteiger partial charge on any atom is 0.346 e. The van der Waals surface area contributed by atoms with Crippen molar-refractivity contribution in [2.75, 3.05) is 0 Å². The number of rotatable bonds is 10. The number of amides is 1. The smallest absolute Gasteiger partial charge is 0.346 e. The lowest BCUT2D eigenvalue weighted by Gasteiger charge is -2.38. The minimum atomic E-state index is -5.10. The van der Waals surface area contributed by atoms with Crippen molar-refractivity contribution in [2.45, 2.75) is 24.0 Å². The Labute approximate surface area is 131 Å². The molecule has 0 fully saturated rings. The van der Waals surface area contributed by atoms with E-state index in [1.807, 2.05) is 0 Å². The van der Waals surface area contributed by atoms with Gasteiger partial charge in [-0.2, -0.15) is 0 Å². The minimum Gasteiger partial charge on any atom is -0.480 e. The van der Waals surface area contributed by atoms with E-state index in [9.17, 15) is 43.4 Å². The summed E-state index contributed by atoms with van der Waals surface area (Å²) >= 11 is 0. The maximum atomic E-state index is 11.5. The molecule has 0 aliphatic rings. The highest BCUT2D eigenvalue weighted by Crippen LogP contribution is 2.52. The monoisotopic (exact) mass is 372 g/mol. The van der Waals surface area contributed by atoms with Gasteiger partial charge in [0.05, 0.1) is 6.42 Å². The van der Waals surface area contributed by atoms with Crippen LogP contribution in [-0.2, 0) is 18.7 Å². The second-order valence-corrected chi connectivity index (χ2v) is 7.86. The molecule has 0 aromatic rings. The molecule has 0 heterocycles. The van der Waals surface area contributed by atoms with Gasteiger partial charge in [-0.3, -0.25) is 23.6 Å². The zero-order valence-electron chi connectivity index (χ0n) is 11.8. The largest absolute Gasteiger partial charge is 0.480 e. The molecule has 0 saturated carbocycles. The lowest BCUT2D eigenvalue weighted by molar-refractivity contribution is -0.145. The molecule has 0 radical (unpaired) electrons. The first-order chi connectivity index (χ1) is 10.3. The standard InChI is InChI=1S/C10H18N2O9P2/c1-3-8(22(16,17)18)12(9(4-2)23(19,20)21)6(10(14)15)5-7(11)13/h3-4,6,8-9H,1-2,5H2,(H2,11,13)(H,14,15)(H2,16,17,18)(H2,19,20,21)/t6-,8?,9?/m0/s1. The predicted octanol–water partition coefficient (Wildman–Crippen LogP) is -1.00. The van der Waals surface area contributed by atoms with Gasteiger partial charge in [0.25, 0.3) is 0 Å². The minimum absolute atomic E-state index is 0.286. The van der Waals surface area contributed by atoms with Crippen LogP contribution in [0.4, 0.5) is 0 Å². The van der Waals surface area contributed by atoms with Gasteiger partial charge in [0.2, 0.25) is 5.91 Å². The van der Waals surface area contributed by atoms with Gasteiger partial charge < -0.3 is 30.4 Å². The second kappa shape index (κ2) is 7.98. The molecule has 0 aromatic heterocycles. The molecule has 0 aliphatic carbocycles. The van der Waals surface area contributed by atoms with Crippen molar-refractivity contribution < 1.29 is 43.4 Å². The van der Waals surface area contributed by atoms with E-state index in [-0.39, 0.29) is 4.90 Å². The molecule has 3 atom stereocenters. The topological polar surface area (TPSA) is 199 Å². The number of carboxylic acids is 1. The van der Waals surface area contributed by atoms with Gasteiger partial charge in [-0.15, -0.1) is 13.2 Å². The second-order valence-electron chi connectivity index (χ2n) is 4.45. The van der Waals surface area contributed by atoms with Gasteiger partial charge in [0.15, 0.2) is 0 Å². The van der Waals surface area contributed by atoms with Crippen molar-refractivity contribution in [3.63, 3.8) is 0 Å². The molecule has 13 heteroatoms. The van der Waals surface area contributed by atoms with Gasteiger partial charge in [-0.1, -0.05) is 12.2 Å². The number of carboxylic acid groups (broad SMARTS) is 1. The predicted molar refractivity (Wildman–Crippen MR) is 79.1 cm³/mol. The van der Waals surface area contributed by atoms with Crippen LogP contribution in [0.2, 0.25) is 0 Å². The normalized spacial score (nSPS) is 16.4. The summed E-state index contributed by atoms with van der Waals surface area (Å²) in [6, 6.07) is -2.02. The van der Waals surface area contributed by atoms with Crippen LogP contribution in [0.25, 0.3) is 0 Å². The summed E-state index contributed by atoms with van der Waals surface area (Å²) in [6.07, 6.45) is 0.317. The summed E-state index contributed by atoms with van der Waals surface area (Å²) in [5.41, 5.74) is 4.90. The molecule has 11 nitrogen and oxygen atoms in total. The lowest BCUT2D eigenvalue weighted by Crippen LogP contribution is -2.52. The van der Waals surface area contributed by atoms with Crippen molar-refractivity contribution in [1.29, 1.82) is 0 Å². The van der Waals surface area contributed by atoms with Crippen molar-refractivity contribution in [1.82, 2.24) is 4.90 Å². The molecule has 0 aromatic carbocycles. The third-order valence-corrected chi connectivity index (χ3v) is 5.09. The number of carbonyl (C=O) groups is 2. The van der Waals surface area contributed by atoms with Crippen LogP contribution in [0, 0.1) is 0 Å². The summed E-state index contributed by atoms with van der Waals surface area (Å²) < 4.78 is 23.1.